The van der Waals surface area contributed by atoms with Gasteiger partial charge in [0.1, 0.15) is 0 Å². The van der Waals surface area contributed by atoms with Crippen molar-refractivity contribution in [3.8, 4) is 0 Å². The Balaban J connectivity index is 2.67. The molecule has 1 heterocycles. The van der Waals surface area contributed by atoms with Crippen LogP contribution in [-0.4, -0.2) is 36.1 Å². The molecule has 0 radical (unpaired) electrons. The first-order valence-corrected chi connectivity index (χ1v) is 5.74. The third-order valence-electron chi connectivity index (χ3n) is 3.75. The number of esters is 1. The number of nitrogens with zero attached hydrogens (tertiary/aromatic N) is 1. The molecule has 2 unspecified atom stereocenters. The second-order valence-corrected chi connectivity index (χ2v) is 5.16. The van der Waals surface area contributed by atoms with Gasteiger partial charge in [0.05, 0.1) is 13.0 Å². The van der Waals surface area contributed by atoms with E-state index in [1.807, 2.05) is 6.92 Å². The zero-order chi connectivity index (χ0) is 11.6. The smallest absolute Gasteiger partial charge is 0.309 e. The number of carbonyl (C=O) groups is 1. The number of hydrogen-bond acceptors (Lipinski definition) is 3. The summed E-state index contributed by atoms with van der Waals surface area (Å²) in [5.74, 6) is -0.155. The topological polar surface area (TPSA) is 29.5 Å². The van der Waals surface area contributed by atoms with Crippen LogP contribution < -0.4 is 0 Å². The fourth-order valence-corrected chi connectivity index (χ4v) is 2.54. The van der Waals surface area contributed by atoms with Gasteiger partial charge in [-0.3, -0.25) is 9.69 Å². The highest BCUT2D eigenvalue weighted by Gasteiger charge is 2.38. The zero-order valence-corrected chi connectivity index (χ0v) is 10.5. The molecule has 88 valence electrons. The summed E-state index contributed by atoms with van der Waals surface area (Å²) in [5.41, 5.74) is 0.224. The molecule has 15 heavy (non-hydrogen) atoms. The summed E-state index contributed by atoms with van der Waals surface area (Å²) in [6.07, 6.45) is 2.44. The average molecular weight is 213 g/mol. The molecule has 0 aliphatic carbocycles. The fourth-order valence-electron chi connectivity index (χ4n) is 2.54. The van der Waals surface area contributed by atoms with Gasteiger partial charge in [-0.15, -0.1) is 0 Å². The maximum absolute atomic E-state index is 11.5. The van der Waals surface area contributed by atoms with E-state index in [-0.39, 0.29) is 23.5 Å². The van der Waals surface area contributed by atoms with Gasteiger partial charge in [-0.05, 0) is 40.2 Å². The highest BCUT2D eigenvalue weighted by Crippen LogP contribution is 2.32. The molecule has 1 saturated heterocycles. The van der Waals surface area contributed by atoms with E-state index >= 15 is 0 Å². The van der Waals surface area contributed by atoms with Crippen LogP contribution in [0.4, 0.5) is 0 Å². The summed E-state index contributed by atoms with van der Waals surface area (Å²) in [6, 6.07) is 0.259. The lowest BCUT2D eigenvalue weighted by molar-refractivity contribution is -0.147. The molecule has 3 nitrogen and oxygen atoms in total. The van der Waals surface area contributed by atoms with Crippen molar-refractivity contribution in [1.82, 2.24) is 4.90 Å². The third kappa shape index (κ3) is 2.51. The molecule has 0 aromatic rings. The molecule has 3 heteroatoms. The fraction of sp³-hybridized carbons (Fsp3) is 0.917. The van der Waals surface area contributed by atoms with Crippen LogP contribution in [0.2, 0.25) is 0 Å². The van der Waals surface area contributed by atoms with Gasteiger partial charge in [0.2, 0.25) is 0 Å². The largest absolute Gasteiger partial charge is 0.469 e. The molecule has 0 saturated carbocycles. The predicted octanol–water partition coefficient (Wildman–Crippen LogP) is 2.06. The Morgan fingerprint density at radius 3 is 2.40 bits per heavy atom. The van der Waals surface area contributed by atoms with Gasteiger partial charge in [-0.25, -0.2) is 0 Å². The van der Waals surface area contributed by atoms with Crippen molar-refractivity contribution in [3.05, 3.63) is 0 Å². The number of ether oxygens (including phenoxy) is 1. The molecular weight excluding hydrogens is 190 g/mol. The molecule has 2 atom stereocenters. The number of methoxy groups -OCH3 is 1. The van der Waals surface area contributed by atoms with Crippen molar-refractivity contribution in [2.45, 2.75) is 52.1 Å². The van der Waals surface area contributed by atoms with E-state index in [0.717, 1.165) is 6.54 Å². The predicted molar refractivity (Wildman–Crippen MR) is 60.7 cm³/mol. The van der Waals surface area contributed by atoms with Gasteiger partial charge in [-0.1, -0.05) is 6.92 Å². The maximum atomic E-state index is 11.5. The Labute approximate surface area is 92.8 Å². The number of rotatable bonds is 3. The molecule has 0 spiro atoms. The van der Waals surface area contributed by atoms with E-state index in [4.69, 9.17) is 4.74 Å². The normalized spacial score (nSPS) is 24.9. The minimum atomic E-state index is -0.106. The molecule has 0 amide bonds. The number of hydrogen-bond donors (Lipinski definition) is 0. The van der Waals surface area contributed by atoms with Crippen LogP contribution in [0.3, 0.4) is 0 Å². The summed E-state index contributed by atoms with van der Waals surface area (Å²) < 4.78 is 4.80. The molecule has 1 fully saturated rings. The molecule has 0 N–H and O–H groups in total. The second-order valence-electron chi connectivity index (χ2n) is 5.16. The molecule has 0 aromatic heterocycles. The molecule has 1 aliphatic heterocycles. The van der Waals surface area contributed by atoms with Crippen LogP contribution in [0.1, 0.15) is 40.5 Å². The number of likely N-dealkylation sites (tertiary alicyclic amines) is 1. The van der Waals surface area contributed by atoms with E-state index in [0.29, 0.717) is 0 Å². The Bertz CT molecular complexity index is 238. The van der Waals surface area contributed by atoms with Crippen molar-refractivity contribution in [3.63, 3.8) is 0 Å². The molecule has 1 rings (SSSR count). The lowest BCUT2D eigenvalue weighted by atomic mass is 9.96. The van der Waals surface area contributed by atoms with Crippen molar-refractivity contribution in [1.29, 1.82) is 0 Å². The van der Waals surface area contributed by atoms with Crippen molar-refractivity contribution in [2.24, 2.45) is 5.92 Å². The first kappa shape index (κ1) is 12.5. The summed E-state index contributed by atoms with van der Waals surface area (Å²) in [4.78, 5) is 13.9. The Hall–Kier alpha value is -0.570. The van der Waals surface area contributed by atoms with Gasteiger partial charge in [0.15, 0.2) is 0 Å². The quantitative estimate of drug-likeness (QED) is 0.672. The third-order valence-corrected chi connectivity index (χ3v) is 3.75. The lowest BCUT2D eigenvalue weighted by Gasteiger charge is -2.38. The van der Waals surface area contributed by atoms with Gasteiger partial charge in [0.25, 0.3) is 0 Å². The van der Waals surface area contributed by atoms with Crippen LogP contribution in [0.25, 0.3) is 0 Å². The molecule has 1 aliphatic rings. The maximum Gasteiger partial charge on any atom is 0.309 e. The summed E-state index contributed by atoms with van der Waals surface area (Å²) in [6.45, 7) is 9.66. The van der Waals surface area contributed by atoms with Crippen molar-refractivity contribution in [2.75, 3.05) is 13.7 Å². The van der Waals surface area contributed by atoms with E-state index in [2.05, 4.69) is 25.7 Å². The summed E-state index contributed by atoms with van der Waals surface area (Å²) in [5, 5.41) is 0. The van der Waals surface area contributed by atoms with Crippen molar-refractivity contribution >= 4 is 5.97 Å². The van der Waals surface area contributed by atoms with Crippen LogP contribution in [0.5, 0.6) is 0 Å². The monoisotopic (exact) mass is 213 g/mol. The minimum Gasteiger partial charge on any atom is -0.469 e. The Morgan fingerprint density at radius 2 is 2.00 bits per heavy atom. The second kappa shape index (κ2) is 4.52. The highest BCUT2D eigenvalue weighted by atomic mass is 16.5. The van der Waals surface area contributed by atoms with Crippen LogP contribution in [0.15, 0.2) is 0 Å². The van der Waals surface area contributed by atoms with E-state index in [9.17, 15) is 4.79 Å². The first-order valence-electron chi connectivity index (χ1n) is 5.74. The lowest BCUT2D eigenvalue weighted by Crippen LogP contribution is -2.48. The van der Waals surface area contributed by atoms with Crippen molar-refractivity contribution < 1.29 is 9.53 Å². The molecule has 0 aromatic carbocycles. The summed E-state index contributed by atoms with van der Waals surface area (Å²) in [7, 11) is 1.46. The standard InChI is InChI=1S/C12H23NO2/c1-9(11(14)15-5)10(2)13-8-6-7-12(13,3)4/h9-10H,6-8H2,1-5H3. The van der Waals surface area contributed by atoms with Gasteiger partial charge in [-0.2, -0.15) is 0 Å². The van der Waals surface area contributed by atoms with Gasteiger partial charge in [0, 0.05) is 11.6 Å². The molecule has 0 bridgehead atoms. The Morgan fingerprint density at radius 1 is 1.40 bits per heavy atom. The SMILES string of the molecule is COC(=O)C(C)C(C)N1CCCC1(C)C. The van der Waals surface area contributed by atoms with E-state index in [1.165, 1.54) is 20.0 Å². The van der Waals surface area contributed by atoms with E-state index in [1.54, 1.807) is 0 Å². The van der Waals surface area contributed by atoms with Crippen LogP contribution in [0, 0.1) is 5.92 Å². The van der Waals surface area contributed by atoms with Gasteiger partial charge < -0.3 is 4.74 Å². The zero-order valence-electron chi connectivity index (χ0n) is 10.5. The molecular formula is C12H23NO2. The minimum absolute atomic E-state index is 0.0487. The number of carbonyl (C=O) groups excluding carboxylic acids is 1. The van der Waals surface area contributed by atoms with Gasteiger partial charge >= 0.3 is 5.97 Å². The average Bonchev–Trinajstić information content (AvgIpc) is 2.54. The highest BCUT2D eigenvalue weighted by molar-refractivity contribution is 5.72. The van der Waals surface area contributed by atoms with Crippen LogP contribution >= 0.6 is 0 Å². The Kier molecular flexibility index (Phi) is 3.77. The first-order chi connectivity index (χ1) is 6.90. The van der Waals surface area contributed by atoms with E-state index < -0.39 is 0 Å². The summed E-state index contributed by atoms with van der Waals surface area (Å²) >= 11 is 0. The van der Waals surface area contributed by atoms with Crippen LogP contribution in [-0.2, 0) is 9.53 Å².